The second-order valence-corrected chi connectivity index (χ2v) is 6.47. The molecule has 0 aromatic heterocycles. The van der Waals surface area contributed by atoms with Crippen LogP contribution in [-0.4, -0.2) is 39.9 Å². The van der Waals surface area contributed by atoms with E-state index < -0.39 is 10.0 Å². The summed E-state index contributed by atoms with van der Waals surface area (Å²) in [4.78, 5) is 12.7. The van der Waals surface area contributed by atoms with Gasteiger partial charge >= 0.3 is 0 Å². The van der Waals surface area contributed by atoms with Crippen molar-refractivity contribution < 1.29 is 17.9 Å². The van der Waals surface area contributed by atoms with Crippen molar-refractivity contribution in [1.29, 1.82) is 0 Å². The van der Waals surface area contributed by atoms with Gasteiger partial charge < -0.3 is 9.64 Å². The second-order valence-electron chi connectivity index (χ2n) is 4.02. The summed E-state index contributed by atoms with van der Waals surface area (Å²) in [6.07, 6.45) is 0.160. The molecule has 0 aliphatic heterocycles. The van der Waals surface area contributed by atoms with E-state index in [0.717, 1.165) is 0 Å². The predicted molar refractivity (Wildman–Crippen MR) is 74.3 cm³/mol. The number of halogens is 1. The van der Waals surface area contributed by atoms with Crippen LogP contribution in [-0.2, 0) is 14.8 Å². The van der Waals surface area contributed by atoms with Gasteiger partial charge in [0.15, 0.2) is 0 Å². The van der Waals surface area contributed by atoms with Gasteiger partial charge in [0.1, 0.15) is 10.6 Å². The topological polar surface area (TPSA) is 89.7 Å². The summed E-state index contributed by atoms with van der Waals surface area (Å²) < 4.78 is 28.7. The molecule has 0 radical (unpaired) electrons. The Balaban J connectivity index is 2.82. The number of benzene rings is 1. The molecular weight excluding hydrogens is 336 g/mol. The Hall–Kier alpha value is -1.12. The standard InChI is InChI=1S/C11H15BrN2O4S/c1-14(2)11(15)5-6-18-9-4-3-8(12)7-10(9)19(13,16)17/h3-4,7H,5-6H2,1-2H3,(H2,13,16,17). The molecule has 0 bridgehead atoms. The molecule has 19 heavy (non-hydrogen) atoms. The molecule has 1 aromatic carbocycles. The van der Waals surface area contributed by atoms with Crippen LogP contribution in [0.4, 0.5) is 0 Å². The average molecular weight is 351 g/mol. The molecule has 0 fully saturated rings. The van der Waals surface area contributed by atoms with E-state index in [1.807, 2.05) is 0 Å². The highest BCUT2D eigenvalue weighted by molar-refractivity contribution is 9.10. The Labute approximate surface area is 120 Å². The van der Waals surface area contributed by atoms with Crippen LogP contribution in [0.2, 0.25) is 0 Å². The minimum Gasteiger partial charge on any atom is -0.492 e. The van der Waals surface area contributed by atoms with Gasteiger partial charge in [0, 0.05) is 18.6 Å². The van der Waals surface area contributed by atoms with Crippen molar-refractivity contribution in [2.75, 3.05) is 20.7 Å². The van der Waals surface area contributed by atoms with Crippen molar-refractivity contribution in [3.63, 3.8) is 0 Å². The molecule has 106 valence electrons. The summed E-state index contributed by atoms with van der Waals surface area (Å²) in [5.74, 6) is 0.0338. The van der Waals surface area contributed by atoms with Crippen LogP contribution in [0.1, 0.15) is 6.42 Å². The monoisotopic (exact) mass is 350 g/mol. The molecule has 2 N–H and O–H groups in total. The van der Waals surface area contributed by atoms with Gasteiger partial charge in [-0.1, -0.05) is 15.9 Å². The number of carbonyl (C=O) groups is 1. The van der Waals surface area contributed by atoms with Crippen molar-refractivity contribution in [3.8, 4) is 5.75 Å². The third-order valence-electron chi connectivity index (χ3n) is 2.28. The molecule has 0 aliphatic carbocycles. The van der Waals surface area contributed by atoms with Crippen LogP contribution in [0, 0.1) is 0 Å². The zero-order valence-electron chi connectivity index (χ0n) is 10.6. The maximum atomic E-state index is 11.4. The summed E-state index contributed by atoms with van der Waals surface area (Å²) in [5, 5.41) is 5.10. The zero-order chi connectivity index (χ0) is 14.6. The molecule has 0 atom stereocenters. The van der Waals surface area contributed by atoms with Gasteiger partial charge in [0.05, 0.1) is 13.0 Å². The van der Waals surface area contributed by atoms with Crippen LogP contribution in [0.15, 0.2) is 27.6 Å². The van der Waals surface area contributed by atoms with E-state index in [1.54, 1.807) is 20.2 Å². The summed E-state index contributed by atoms with van der Waals surface area (Å²) in [6, 6.07) is 4.49. The molecule has 0 saturated carbocycles. The van der Waals surface area contributed by atoms with E-state index in [2.05, 4.69) is 15.9 Å². The minimum absolute atomic E-state index is 0.0845. The third kappa shape index (κ3) is 4.81. The van der Waals surface area contributed by atoms with Gasteiger partial charge in [-0.3, -0.25) is 4.79 Å². The highest BCUT2D eigenvalue weighted by atomic mass is 79.9. The first-order chi connectivity index (χ1) is 8.71. The quantitative estimate of drug-likeness (QED) is 0.855. The van der Waals surface area contributed by atoms with Crippen molar-refractivity contribution in [2.24, 2.45) is 5.14 Å². The van der Waals surface area contributed by atoms with Crippen molar-refractivity contribution in [3.05, 3.63) is 22.7 Å². The molecule has 0 spiro atoms. The number of rotatable bonds is 5. The number of ether oxygens (including phenoxy) is 1. The molecule has 0 unspecified atom stereocenters. The zero-order valence-corrected chi connectivity index (χ0v) is 13.0. The van der Waals surface area contributed by atoms with Gasteiger partial charge in [-0.25, -0.2) is 13.6 Å². The Morgan fingerprint density at radius 3 is 2.58 bits per heavy atom. The maximum absolute atomic E-state index is 11.4. The normalized spacial score (nSPS) is 11.2. The molecule has 1 aromatic rings. The molecule has 0 aliphatic rings. The van der Waals surface area contributed by atoms with Gasteiger partial charge in [-0.15, -0.1) is 0 Å². The highest BCUT2D eigenvalue weighted by Gasteiger charge is 2.16. The number of nitrogens with zero attached hydrogens (tertiary/aromatic N) is 1. The van der Waals surface area contributed by atoms with E-state index >= 15 is 0 Å². The van der Waals surface area contributed by atoms with Crippen LogP contribution in [0.3, 0.4) is 0 Å². The smallest absolute Gasteiger partial charge is 0.241 e. The van der Waals surface area contributed by atoms with Crippen molar-refractivity contribution in [2.45, 2.75) is 11.3 Å². The lowest BCUT2D eigenvalue weighted by atomic mass is 10.3. The number of hydrogen-bond acceptors (Lipinski definition) is 4. The number of nitrogens with two attached hydrogens (primary N) is 1. The van der Waals surface area contributed by atoms with Crippen LogP contribution >= 0.6 is 15.9 Å². The summed E-state index contributed by atoms with van der Waals surface area (Å²) in [6.45, 7) is 0.0845. The van der Waals surface area contributed by atoms with E-state index in [0.29, 0.717) is 4.47 Å². The molecule has 1 rings (SSSR count). The van der Waals surface area contributed by atoms with E-state index in [9.17, 15) is 13.2 Å². The maximum Gasteiger partial charge on any atom is 0.241 e. The summed E-state index contributed by atoms with van der Waals surface area (Å²) in [7, 11) is -0.600. The van der Waals surface area contributed by atoms with Gasteiger partial charge in [0.2, 0.25) is 15.9 Å². The SMILES string of the molecule is CN(C)C(=O)CCOc1ccc(Br)cc1S(N)(=O)=O. The summed E-state index contributed by atoms with van der Waals surface area (Å²) >= 11 is 3.16. The number of primary sulfonamides is 1. The van der Waals surface area contributed by atoms with Crippen LogP contribution in [0.25, 0.3) is 0 Å². The third-order valence-corrected chi connectivity index (χ3v) is 3.71. The lowest BCUT2D eigenvalue weighted by Crippen LogP contribution is -2.23. The molecular formula is C11H15BrN2O4S. The lowest BCUT2D eigenvalue weighted by Gasteiger charge is -2.12. The van der Waals surface area contributed by atoms with Crippen molar-refractivity contribution in [1.82, 2.24) is 4.90 Å². The molecule has 8 heteroatoms. The number of sulfonamides is 1. The van der Waals surface area contributed by atoms with Gasteiger partial charge in [0.25, 0.3) is 0 Å². The Morgan fingerprint density at radius 1 is 1.42 bits per heavy atom. The Morgan fingerprint density at radius 2 is 2.05 bits per heavy atom. The second kappa shape index (κ2) is 6.36. The Bertz CT molecular complexity index is 572. The first-order valence-corrected chi connectivity index (χ1v) is 7.71. The van der Waals surface area contributed by atoms with Crippen LogP contribution < -0.4 is 9.88 Å². The number of amides is 1. The summed E-state index contributed by atoms with van der Waals surface area (Å²) in [5.41, 5.74) is 0. The van der Waals surface area contributed by atoms with Gasteiger partial charge in [-0.05, 0) is 18.2 Å². The largest absolute Gasteiger partial charge is 0.492 e. The lowest BCUT2D eigenvalue weighted by molar-refractivity contribution is -0.129. The predicted octanol–water partition coefficient (Wildman–Crippen LogP) is 0.954. The van der Waals surface area contributed by atoms with Gasteiger partial charge in [-0.2, -0.15) is 0 Å². The molecule has 0 heterocycles. The molecule has 6 nitrogen and oxygen atoms in total. The number of carbonyl (C=O) groups excluding carboxylic acids is 1. The Kier molecular flexibility index (Phi) is 5.33. The van der Waals surface area contributed by atoms with E-state index in [4.69, 9.17) is 9.88 Å². The van der Waals surface area contributed by atoms with Crippen LogP contribution in [0.5, 0.6) is 5.75 Å². The highest BCUT2D eigenvalue weighted by Crippen LogP contribution is 2.26. The molecule has 0 saturated heterocycles. The number of hydrogen-bond donors (Lipinski definition) is 1. The van der Waals surface area contributed by atoms with Crippen molar-refractivity contribution >= 4 is 31.9 Å². The van der Waals surface area contributed by atoms with E-state index in [-0.39, 0.29) is 29.6 Å². The fourth-order valence-electron chi connectivity index (χ4n) is 1.30. The molecule has 1 amide bonds. The fourth-order valence-corrected chi connectivity index (χ4v) is 2.51. The fraction of sp³-hybridized carbons (Fsp3) is 0.364. The average Bonchev–Trinajstić information content (AvgIpc) is 2.29. The first-order valence-electron chi connectivity index (χ1n) is 5.37. The minimum atomic E-state index is -3.87. The first kappa shape index (κ1) is 15.9. The van der Waals surface area contributed by atoms with E-state index in [1.165, 1.54) is 17.0 Å².